The van der Waals surface area contributed by atoms with Gasteiger partial charge in [-0.2, -0.15) is 0 Å². The van der Waals surface area contributed by atoms with Gasteiger partial charge >= 0.3 is 0 Å². The van der Waals surface area contributed by atoms with Crippen molar-refractivity contribution in [2.75, 3.05) is 0 Å². The first-order valence-electron chi connectivity index (χ1n) is 3.88. The van der Waals surface area contributed by atoms with E-state index in [4.69, 9.17) is 16.3 Å². The highest BCUT2D eigenvalue weighted by atomic mass is 35.5. The Morgan fingerprint density at radius 3 is 2.75 bits per heavy atom. The summed E-state index contributed by atoms with van der Waals surface area (Å²) >= 11 is 5.71. The summed E-state index contributed by atoms with van der Waals surface area (Å²) in [6, 6.07) is 1.73. The monoisotopic (exact) mass is 185 g/mol. The van der Waals surface area contributed by atoms with Crippen LogP contribution < -0.4 is 4.74 Å². The summed E-state index contributed by atoms with van der Waals surface area (Å²) in [5.41, 5.74) is 1.01. The van der Waals surface area contributed by atoms with Crippen LogP contribution in [-0.4, -0.2) is 11.1 Å². The highest BCUT2D eigenvalue weighted by Crippen LogP contribution is 2.20. The third-order valence-electron chi connectivity index (χ3n) is 1.38. The number of hydrogen-bond donors (Lipinski definition) is 0. The molecular formula is C9H12ClNO. The van der Waals surface area contributed by atoms with Gasteiger partial charge in [0, 0.05) is 17.8 Å². The fraction of sp³-hybridized carbons (Fsp3) is 0.444. The molecule has 1 rings (SSSR count). The lowest BCUT2D eigenvalue weighted by Crippen LogP contribution is -2.06. The first-order chi connectivity index (χ1) is 5.59. The van der Waals surface area contributed by atoms with Gasteiger partial charge in [-0.05, 0) is 20.8 Å². The van der Waals surface area contributed by atoms with Crippen molar-refractivity contribution in [3.05, 3.63) is 23.0 Å². The van der Waals surface area contributed by atoms with Crippen LogP contribution in [0, 0.1) is 6.92 Å². The van der Waals surface area contributed by atoms with Crippen LogP contribution >= 0.6 is 11.6 Å². The van der Waals surface area contributed by atoms with E-state index in [1.165, 1.54) is 0 Å². The van der Waals surface area contributed by atoms with Crippen LogP contribution in [0.15, 0.2) is 12.3 Å². The van der Waals surface area contributed by atoms with Crippen molar-refractivity contribution in [2.45, 2.75) is 26.9 Å². The van der Waals surface area contributed by atoms with Crippen molar-refractivity contribution in [1.29, 1.82) is 0 Å². The number of halogens is 1. The molecule has 0 amide bonds. The van der Waals surface area contributed by atoms with E-state index in [0.717, 1.165) is 11.3 Å². The molecule has 1 aromatic heterocycles. The van der Waals surface area contributed by atoms with Gasteiger partial charge < -0.3 is 4.74 Å². The Labute approximate surface area is 77.5 Å². The molecule has 66 valence electrons. The normalized spacial score (nSPS) is 10.4. The fourth-order valence-corrected chi connectivity index (χ4v) is 1.01. The molecule has 0 radical (unpaired) electrons. The zero-order chi connectivity index (χ0) is 9.14. The number of aryl methyl sites for hydroxylation is 1. The van der Waals surface area contributed by atoms with Crippen LogP contribution in [0.3, 0.4) is 0 Å². The van der Waals surface area contributed by atoms with Gasteiger partial charge in [0.1, 0.15) is 10.9 Å². The van der Waals surface area contributed by atoms with E-state index in [1.807, 2.05) is 20.8 Å². The minimum Gasteiger partial charge on any atom is -0.491 e. The largest absolute Gasteiger partial charge is 0.491 e. The average molecular weight is 186 g/mol. The van der Waals surface area contributed by atoms with Gasteiger partial charge in [-0.15, -0.1) is 0 Å². The van der Waals surface area contributed by atoms with Gasteiger partial charge in [-0.3, -0.25) is 0 Å². The summed E-state index contributed by atoms with van der Waals surface area (Å²) in [6.07, 6.45) is 1.88. The lowest BCUT2D eigenvalue weighted by atomic mass is 10.3. The van der Waals surface area contributed by atoms with E-state index in [1.54, 1.807) is 12.3 Å². The van der Waals surface area contributed by atoms with Gasteiger partial charge in [0.15, 0.2) is 0 Å². The molecule has 3 heteroatoms. The van der Waals surface area contributed by atoms with Crippen molar-refractivity contribution in [1.82, 2.24) is 4.98 Å². The molecule has 0 saturated heterocycles. The first-order valence-corrected chi connectivity index (χ1v) is 4.26. The van der Waals surface area contributed by atoms with Gasteiger partial charge in [0.2, 0.25) is 0 Å². The highest BCUT2D eigenvalue weighted by Gasteiger charge is 2.02. The summed E-state index contributed by atoms with van der Waals surface area (Å²) in [6.45, 7) is 5.91. The van der Waals surface area contributed by atoms with Crippen LogP contribution in [-0.2, 0) is 0 Å². The summed E-state index contributed by atoms with van der Waals surface area (Å²) in [4.78, 5) is 3.93. The quantitative estimate of drug-likeness (QED) is 0.661. The van der Waals surface area contributed by atoms with Crippen LogP contribution in [0.25, 0.3) is 0 Å². The standard InChI is InChI=1S/C9H12ClNO/c1-6(2)12-8-4-9(10)11-5-7(8)3/h4-6H,1-3H3. The molecule has 0 fully saturated rings. The maximum Gasteiger partial charge on any atom is 0.132 e. The van der Waals surface area contributed by atoms with Crippen LogP contribution in [0.4, 0.5) is 0 Å². The molecule has 0 unspecified atom stereocenters. The first kappa shape index (κ1) is 9.33. The highest BCUT2D eigenvalue weighted by molar-refractivity contribution is 6.29. The Morgan fingerprint density at radius 2 is 2.17 bits per heavy atom. The molecule has 0 atom stereocenters. The zero-order valence-corrected chi connectivity index (χ0v) is 8.22. The lowest BCUT2D eigenvalue weighted by molar-refractivity contribution is 0.240. The SMILES string of the molecule is Cc1cnc(Cl)cc1OC(C)C. The summed E-state index contributed by atoms with van der Waals surface area (Å²) in [5.74, 6) is 0.810. The predicted octanol–water partition coefficient (Wildman–Crippen LogP) is 2.83. The Bertz CT molecular complexity index is 273. The minimum absolute atomic E-state index is 0.169. The Kier molecular flexibility index (Phi) is 2.93. The topological polar surface area (TPSA) is 22.1 Å². The van der Waals surface area contributed by atoms with E-state index in [2.05, 4.69) is 4.98 Å². The van der Waals surface area contributed by atoms with E-state index in [-0.39, 0.29) is 6.10 Å². The van der Waals surface area contributed by atoms with Gasteiger partial charge in [0.05, 0.1) is 6.10 Å². The maximum atomic E-state index is 5.71. The predicted molar refractivity (Wildman–Crippen MR) is 49.7 cm³/mol. The van der Waals surface area contributed by atoms with Crippen molar-refractivity contribution in [3.8, 4) is 5.75 Å². The number of aromatic nitrogens is 1. The maximum absolute atomic E-state index is 5.71. The summed E-state index contributed by atoms with van der Waals surface area (Å²) in [5, 5.41) is 0.469. The van der Waals surface area contributed by atoms with Crippen molar-refractivity contribution in [3.63, 3.8) is 0 Å². The second-order valence-electron chi connectivity index (χ2n) is 2.94. The Morgan fingerprint density at radius 1 is 1.50 bits per heavy atom. The summed E-state index contributed by atoms with van der Waals surface area (Å²) < 4.78 is 5.50. The molecule has 0 aliphatic carbocycles. The molecule has 0 bridgehead atoms. The third kappa shape index (κ3) is 2.38. The van der Waals surface area contributed by atoms with Crippen molar-refractivity contribution < 1.29 is 4.74 Å². The molecule has 12 heavy (non-hydrogen) atoms. The summed E-state index contributed by atoms with van der Waals surface area (Å²) in [7, 11) is 0. The molecule has 1 aromatic rings. The second kappa shape index (κ2) is 3.76. The van der Waals surface area contributed by atoms with Crippen LogP contribution in [0.2, 0.25) is 5.15 Å². The Hall–Kier alpha value is -0.760. The molecule has 0 spiro atoms. The molecular weight excluding hydrogens is 174 g/mol. The average Bonchev–Trinajstić information content (AvgIpc) is 1.96. The number of pyridine rings is 1. The van der Waals surface area contributed by atoms with E-state index in [0.29, 0.717) is 5.15 Å². The Balaban J connectivity index is 2.90. The van der Waals surface area contributed by atoms with E-state index in [9.17, 15) is 0 Å². The molecule has 0 aromatic carbocycles. The molecule has 0 aliphatic rings. The van der Waals surface area contributed by atoms with Gasteiger partial charge in [-0.25, -0.2) is 4.98 Å². The van der Waals surface area contributed by atoms with Crippen molar-refractivity contribution in [2.24, 2.45) is 0 Å². The van der Waals surface area contributed by atoms with Crippen molar-refractivity contribution >= 4 is 11.6 Å². The van der Waals surface area contributed by atoms with Gasteiger partial charge in [-0.1, -0.05) is 11.6 Å². The molecule has 0 saturated carbocycles. The number of nitrogens with zero attached hydrogens (tertiary/aromatic N) is 1. The number of hydrogen-bond acceptors (Lipinski definition) is 2. The molecule has 0 aliphatic heterocycles. The molecule has 2 nitrogen and oxygen atoms in total. The molecule has 0 N–H and O–H groups in total. The lowest BCUT2D eigenvalue weighted by Gasteiger charge is -2.11. The molecule has 1 heterocycles. The van der Waals surface area contributed by atoms with E-state index >= 15 is 0 Å². The van der Waals surface area contributed by atoms with E-state index < -0.39 is 0 Å². The second-order valence-corrected chi connectivity index (χ2v) is 3.33. The third-order valence-corrected chi connectivity index (χ3v) is 1.59. The number of rotatable bonds is 2. The van der Waals surface area contributed by atoms with Gasteiger partial charge in [0.25, 0.3) is 0 Å². The smallest absolute Gasteiger partial charge is 0.132 e. The minimum atomic E-state index is 0.169. The number of ether oxygens (including phenoxy) is 1. The zero-order valence-electron chi connectivity index (χ0n) is 7.47. The van der Waals surface area contributed by atoms with Crippen LogP contribution in [0.5, 0.6) is 5.75 Å². The van der Waals surface area contributed by atoms with Crippen LogP contribution in [0.1, 0.15) is 19.4 Å². The fourth-order valence-electron chi connectivity index (χ4n) is 0.862.